The number of aromatic nitrogens is 1. The van der Waals surface area contributed by atoms with Crippen LogP contribution in [0.25, 0.3) is 21.8 Å². The molecule has 3 rings (SSSR count). The zero-order valence-corrected chi connectivity index (χ0v) is 13.8. The van der Waals surface area contributed by atoms with Gasteiger partial charge in [0.15, 0.2) is 0 Å². The lowest BCUT2D eigenvalue weighted by molar-refractivity contribution is 0.317. The minimum absolute atomic E-state index is 0.739. The van der Waals surface area contributed by atoms with Gasteiger partial charge < -0.3 is 4.74 Å². The Hall–Kier alpha value is -1.84. The van der Waals surface area contributed by atoms with E-state index in [2.05, 4.69) is 12.3 Å². The predicted octanol–water partition coefficient (Wildman–Crippen LogP) is 5.92. The standard InChI is InChI=1S/C18H16ClNOS/c1-2-11-21-16-9-5-13(6-10-16)17-12-22-18(20-17)14-3-7-15(19)8-4-14/h3-10,12H,2,11H2,1H3. The van der Waals surface area contributed by atoms with Gasteiger partial charge >= 0.3 is 0 Å². The molecule has 0 spiro atoms. The summed E-state index contributed by atoms with van der Waals surface area (Å²) in [6.45, 7) is 2.85. The van der Waals surface area contributed by atoms with Crippen LogP contribution in [0.4, 0.5) is 0 Å². The Labute approximate surface area is 139 Å². The second-order valence-electron chi connectivity index (χ2n) is 4.92. The van der Waals surface area contributed by atoms with E-state index in [1.54, 1.807) is 11.3 Å². The van der Waals surface area contributed by atoms with Crippen LogP contribution in [0, 0.1) is 0 Å². The molecule has 22 heavy (non-hydrogen) atoms. The fourth-order valence-corrected chi connectivity index (χ4v) is 3.03. The average molecular weight is 330 g/mol. The van der Waals surface area contributed by atoms with E-state index in [9.17, 15) is 0 Å². The van der Waals surface area contributed by atoms with Crippen molar-refractivity contribution >= 4 is 22.9 Å². The van der Waals surface area contributed by atoms with Gasteiger partial charge in [0.1, 0.15) is 10.8 Å². The zero-order chi connectivity index (χ0) is 15.4. The molecule has 2 nitrogen and oxygen atoms in total. The number of nitrogens with zero attached hydrogens (tertiary/aromatic N) is 1. The van der Waals surface area contributed by atoms with Crippen molar-refractivity contribution in [3.63, 3.8) is 0 Å². The van der Waals surface area contributed by atoms with Crippen molar-refractivity contribution in [2.24, 2.45) is 0 Å². The van der Waals surface area contributed by atoms with Gasteiger partial charge in [-0.15, -0.1) is 11.3 Å². The minimum atomic E-state index is 0.739. The van der Waals surface area contributed by atoms with Gasteiger partial charge in [-0.3, -0.25) is 0 Å². The summed E-state index contributed by atoms with van der Waals surface area (Å²) in [6, 6.07) is 15.8. The highest BCUT2D eigenvalue weighted by Gasteiger charge is 2.07. The van der Waals surface area contributed by atoms with Crippen molar-refractivity contribution in [3.8, 4) is 27.6 Å². The van der Waals surface area contributed by atoms with E-state index >= 15 is 0 Å². The van der Waals surface area contributed by atoms with Crippen molar-refractivity contribution in [3.05, 3.63) is 58.9 Å². The Bertz CT molecular complexity index is 735. The van der Waals surface area contributed by atoms with Gasteiger partial charge in [-0.05, 0) is 42.8 Å². The molecule has 3 aromatic rings. The Morgan fingerprint density at radius 2 is 1.68 bits per heavy atom. The zero-order valence-electron chi connectivity index (χ0n) is 12.3. The maximum absolute atomic E-state index is 5.92. The van der Waals surface area contributed by atoms with Crippen molar-refractivity contribution in [2.45, 2.75) is 13.3 Å². The van der Waals surface area contributed by atoms with Gasteiger partial charge in [0.2, 0.25) is 0 Å². The number of hydrogen-bond donors (Lipinski definition) is 0. The quantitative estimate of drug-likeness (QED) is 0.579. The Balaban J connectivity index is 1.79. The maximum atomic E-state index is 5.92. The van der Waals surface area contributed by atoms with Crippen LogP contribution in [-0.2, 0) is 0 Å². The molecule has 0 atom stereocenters. The molecule has 0 saturated carbocycles. The molecule has 0 fully saturated rings. The highest BCUT2D eigenvalue weighted by atomic mass is 35.5. The lowest BCUT2D eigenvalue weighted by atomic mass is 10.1. The Kier molecular flexibility index (Phi) is 4.76. The minimum Gasteiger partial charge on any atom is -0.494 e. The number of ether oxygens (including phenoxy) is 1. The van der Waals surface area contributed by atoms with E-state index in [1.165, 1.54) is 0 Å². The summed E-state index contributed by atoms with van der Waals surface area (Å²) in [4.78, 5) is 4.71. The first-order valence-electron chi connectivity index (χ1n) is 7.21. The average Bonchev–Trinajstić information content (AvgIpc) is 3.04. The van der Waals surface area contributed by atoms with Gasteiger partial charge in [0, 0.05) is 21.5 Å². The maximum Gasteiger partial charge on any atom is 0.124 e. The largest absolute Gasteiger partial charge is 0.494 e. The predicted molar refractivity (Wildman–Crippen MR) is 93.8 cm³/mol. The molecule has 0 radical (unpaired) electrons. The topological polar surface area (TPSA) is 22.1 Å². The summed E-state index contributed by atoms with van der Waals surface area (Å²) in [7, 11) is 0. The van der Waals surface area contributed by atoms with Gasteiger partial charge in [-0.2, -0.15) is 0 Å². The van der Waals surface area contributed by atoms with E-state index < -0.39 is 0 Å². The molecule has 0 saturated heterocycles. The summed E-state index contributed by atoms with van der Waals surface area (Å²) in [5, 5.41) is 3.81. The fraction of sp³-hybridized carbons (Fsp3) is 0.167. The van der Waals surface area contributed by atoms with Gasteiger partial charge in [0.05, 0.1) is 12.3 Å². The first-order chi connectivity index (χ1) is 10.8. The molecule has 0 aliphatic carbocycles. The molecule has 2 aromatic carbocycles. The smallest absolute Gasteiger partial charge is 0.124 e. The van der Waals surface area contributed by atoms with Crippen LogP contribution in [0.2, 0.25) is 5.02 Å². The molecular weight excluding hydrogens is 314 g/mol. The number of thiazole rings is 1. The first-order valence-corrected chi connectivity index (χ1v) is 8.46. The SMILES string of the molecule is CCCOc1ccc(-c2csc(-c3ccc(Cl)cc3)n2)cc1. The lowest BCUT2D eigenvalue weighted by Gasteiger charge is -2.04. The van der Waals surface area contributed by atoms with Crippen molar-refractivity contribution < 1.29 is 4.74 Å². The van der Waals surface area contributed by atoms with E-state index in [-0.39, 0.29) is 0 Å². The van der Waals surface area contributed by atoms with Crippen molar-refractivity contribution in [1.82, 2.24) is 4.98 Å². The highest BCUT2D eigenvalue weighted by Crippen LogP contribution is 2.30. The number of benzene rings is 2. The molecule has 112 valence electrons. The summed E-state index contributed by atoms with van der Waals surface area (Å²) in [6.07, 6.45) is 1.01. The van der Waals surface area contributed by atoms with Crippen LogP contribution < -0.4 is 4.74 Å². The molecular formula is C18H16ClNOS. The lowest BCUT2D eigenvalue weighted by Crippen LogP contribution is -1.94. The van der Waals surface area contributed by atoms with Gasteiger partial charge in [0.25, 0.3) is 0 Å². The molecule has 1 aromatic heterocycles. The van der Waals surface area contributed by atoms with E-state index in [0.29, 0.717) is 0 Å². The number of rotatable bonds is 5. The van der Waals surface area contributed by atoms with Crippen LogP contribution in [0.1, 0.15) is 13.3 Å². The number of halogens is 1. The summed E-state index contributed by atoms with van der Waals surface area (Å²) >= 11 is 7.56. The first kappa shape index (κ1) is 15.1. The Morgan fingerprint density at radius 3 is 2.36 bits per heavy atom. The third kappa shape index (κ3) is 3.49. The van der Waals surface area contributed by atoms with Gasteiger partial charge in [-0.1, -0.05) is 30.7 Å². The normalized spacial score (nSPS) is 10.6. The summed E-state index contributed by atoms with van der Waals surface area (Å²) in [5.74, 6) is 0.902. The highest BCUT2D eigenvalue weighted by molar-refractivity contribution is 7.13. The Morgan fingerprint density at radius 1 is 1.00 bits per heavy atom. The summed E-state index contributed by atoms with van der Waals surface area (Å²) < 4.78 is 5.60. The molecule has 4 heteroatoms. The molecule has 0 bridgehead atoms. The molecule has 0 aliphatic heterocycles. The second-order valence-corrected chi connectivity index (χ2v) is 6.21. The molecule has 1 heterocycles. The van der Waals surface area contributed by atoms with E-state index in [0.717, 1.165) is 45.6 Å². The third-order valence-corrected chi connectivity index (χ3v) is 4.36. The van der Waals surface area contributed by atoms with E-state index in [1.807, 2.05) is 48.5 Å². The van der Waals surface area contributed by atoms with Crippen LogP contribution in [-0.4, -0.2) is 11.6 Å². The molecule has 0 amide bonds. The van der Waals surface area contributed by atoms with Crippen molar-refractivity contribution in [2.75, 3.05) is 6.61 Å². The van der Waals surface area contributed by atoms with Crippen LogP contribution >= 0.6 is 22.9 Å². The number of hydrogen-bond acceptors (Lipinski definition) is 3. The van der Waals surface area contributed by atoms with Gasteiger partial charge in [-0.25, -0.2) is 4.98 Å². The van der Waals surface area contributed by atoms with Crippen LogP contribution in [0.3, 0.4) is 0 Å². The second kappa shape index (κ2) is 6.95. The molecule has 0 unspecified atom stereocenters. The molecule has 0 aliphatic rings. The van der Waals surface area contributed by atoms with Crippen molar-refractivity contribution in [1.29, 1.82) is 0 Å². The van der Waals surface area contributed by atoms with Crippen LogP contribution in [0.5, 0.6) is 5.75 Å². The van der Waals surface area contributed by atoms with E-state index in [4.69, 9.17) is 21.3 Å². The summed E-state index contributed by atoms with van der Waals surface area (Å²) in [5.41, 5.74) is 3.17. The van der Waals surface area contributed by atoms with Crippen LogP contribution in [0.15, 0.2) is 53.9 Å². The third-order valence-electron chi connectivity index (χ3n) is 3.22. The molecule has 0 N–H and O–H groups in total. The fourth-order valence-electron chi connectivity index (χ4n) is 2.07. The monoisotopic (exact) mass is 329 g/mol.